The molecule has 126 valence electrons. The van der Waals surface area contributed by atoms with Crippen LogP contribution in [-0.4, -0.2) is 60.9 Å². The van der Waals surface area contributed by atoms with Gasteiger partial charge in [-0.2, -0.15) is 0 Å². The molecule has 1 aliphatic rings. The van der Waals surface area contributed by atoms with Crippen LogP contribution in [0.3, 0.4) is 0 Å². The molecular formula is C17H23FN2O3. The molecule has 1 aromatic rings. The molecule has 0 radical (unpaired) electrons. The smallest absolute Gasteiger partial charge is 0.244 e. The molecule has 0 aliphatic carbocycles. The fourth-order valence-corrected chi connectivity index (χ4v) is 2.42. The van der Waals surface area contributed by atoms with Crippen LogP contribution in [0.4, 0.5) is 4.39 Å². The normalized spacial score (nSPS) is 18.7. The van der Waals surface area contributed by atoms with Crippen LogP contribution in [0.5, 0.6) is 0 Å². The Morgan fingerprint density at radius 1 is 1.48 bits per heavy atom. The lowest BCUT2D eigenvalue weighted by atomic mass is 10.1. The van der Waals surface area contributed by atoms with Crippen molar-refractivity contribution in [1.29, 1.82) is 0 Å². The van der Waals surface area contributed by atoms with Gasteiger partial charge in [-0.15, -0.1) is 0 Å². The average Bonchev–Trinajstić information content (AvgIpc) is 2.52. The molecule has 2 N–H and O–H groups in total. The van der Waals surface area contributed by atoms with Crippen LogP contribution in [-0.2, 0) is 9.53 Å². The largest absolute Gasteiger partial charge is 0.387 e. The number of benzene rings is 1. The standard InChI is InChI=1S/C17H23FN2O3/c1-17(22,13-20-7-9-23-10-8-20)12-19-16(21)6-5-14-3-2-4-15(18)11-14/h2-6,11,22H,7-10,12-13H2,1H3,(H,19,21). The number of halogens is 1. The Balaban J connectivity index is 1.78. The predicted octanol–water partition coefficient (Wildman–Crippen LogP) is 1.04. The second-order valence-corrected chi connectivity index (χ2v) is 5.99. The Kier molecular flexibility index (Phi) is 6.27. The average molecular weight is 322 g/mol. The summed E-state index contributed by atoms with van der Waals surface area (Å²) in [5.74, 6) is -0.669. The Hall–Kier alpha value is -1.76. The molecule has 1 saturated heterocycles. The number of β-amino-alcohol motifs (C(OH)–C–C–N with tert-alkyl or cyclic N) is 1. The Morgan fingerprint density at radius 3 is 2.91 bits per heavy atom. The van der Waals surface area contributed by atoms with Gasteiger partial charge in [-0.3, -0.25) is 9.69 Å². The van der Waals surface area contributed by atoms with Crippen molar-refractivity contribution in [3.63, 3.8) is 0 Å². The van der Waals surface area contributed by atoms with Crippen LogP contribution in [0.15, 0.2) is 30.3 Å². The van der Waals surface area contributed by atoms with E-state index in [4.69, 9.17) is 4.74 Å². The van der Waals surface area contributed by atoms with E-state index >= 15 is 0 Å². The second kappa shape index (κ2) is 8.19. The molecule has 1 atom stereocenters. The first-order valence-electron chi connectivity index (χ1n) is 7.69. The third-order valence-corrected chi connectivity index (χ3v) is 3.59. The van der Waals surface area contributed by atoms with E-state index in [0.717, 1.165) is 13.1 Å². The predicted molar refractivity (Wildman–Crippen MR) is 86.3 cm³/mol. The highest BCUT2D eigenvalue weighted by Gasteiger charge is 2.25. The molecule has 5 nitrogen and oxygen atoms in total. The lowest BCUT2D eigenvalue weighted by molar-refractivity contribution is -0.117. The van der Waals surface area contributed by atoms with E-state index in [0.29, 0.717) is 25.3 Å². The molecule has 1 aromatic carbocycles. The van der Waals surface area contributed by atoms with Gasteiger partial charge >= 0.3 is 0 Å². The number of amides is 1. The monoisotopic (exact) mass is 322 g/mol. The highest BCUT2D eigenvalue weighted by Crippen LogP contribution is 2.08. The van der Waals surface area contributed by atoms with E-state index in [1.54, 1.807) is 19.1 Å². The molecule has 1 aliphatic heterocycles. The third kappa shape index (κ3) is 6.48. The second-order valence-electron chi connectivity index (χ2n) is 5.99. The number of carbonyl (C=O) groups is 1. The lowest BCUT2D eigenvalue weighted by Gasteiger charge is -2.33. The third-order valence-electron chi connectivity index (χ3n) is 3.59. The van der Waals surface area contributed by atoms with Crippen molar-refractivity contribution < 1.29 is 19.0 Å². The molecule has 1 amide bonds. The summed E-state index contributed by atoms with van der Waals surface area (Å²) in [6, 6.07) is 5.99. The van der Waals surface area contributed by atoms with Crippen molar-refractivity contribution in [3.8, 4) is 0 Å². The van der Waals surface area contributed by atoms with Gasteiger partial charge in [0.05, 0.1) is 18.8 Å². The van der Waals surface area contributed by atoms with Gasteiger partial charge in [-0.05, 0) is 30.7 Å². The van der Waals surface area contributed by atoms with Crippen molar-refractivity contribution in [1.82, 2.24) is 10.2 Å². The minimum absolute atomic E-state index is 0.149. The molecule has 0 saturated carbocycles. The zero-order valence-electron chi connectivity index (χ0n) is 13.3. The molecular weight excluding hydrogens is 299 g/mol. The first kappa shape index (κ1) is 17.6. The highest BCUT2D eigenvalue weighted by molar-refractivity contribution is 5.91. The quantitative estimate of drug-likeness (QED) is 0.768. The number of nitrogens with one attached hydrogen (secondary N) is 1. The van der Waals surface area contributed by atoms with Crippen molar-refractivity contribution in [3.05, 3.63) is 41.7 Å². The molecule has 1 fully saturated rings. The number of morpholine rings is 1. The summed E-state index contributed by atoms with van der Waals surface area (Å²) in [7, 11) is 0. The van der Waals surface area contributed by atoms with Gasteiger partial charge in [-0.25, -0.2) is 4.39 Å². The zero-order chi connectivity index (χ0) is 16.7. The fourth-order valence-electron chi connectivity index (χ4n) is 2.42. The maximum Gasteiger partial charge on any atom is 0.244 e. The Morgan fingerprint density at radius 2 is 2.22 bits per heavy atom. The van der Waals surface area contributed by atoms with Gasteiger partial charge < -0.3 is 15.2 Å². The van der Waals surface area contributed by atoms with Crippen LogP contribution in [0.1, 0.15) is 12.5 Å². The number of rotatable bonds is 6. The van der Waals surface area contributed by atoms with Crippen LogP contribution < -0.4 is 5.32 Å². The lowest BCUT2D eigenvalue weighted by Crippen LogP contribution is -2.51. The number of hydrogen-bond acceptors (Lipinski definition) is 4. The van der Waals surface area contributed by atoms with E-state index in [2.05, 4.69) is 10.2 Å². The Bertz CT molecular complexity index is 555. The van der Waals surface area contributed by atoms with Crippen LogP contribution >= 0.6 is 0 Å². The van der Waals surface area contributed by atoms with E-state index in [1.807, 2.05) is 0 Å². The summed E-state index contributed by atoms with van der Waals surface area (Å²) in [5.41, 5.74) is -0.403. The van der Waals surface area contributed by atoms with Crippen LogP contribution in [0.2, 0.25) is 0 Å². The van der Waals surface area contributed by atoms with Crippen LogP contribution in [0, 0.1) is 5.82 Å². The first-order valence-corrected chi connectivity index (χ1v) is 7.69. The first-order chi connectivity index (χ1) is 10.9. The van der Waals surface area contributed by atoms with Crippen molar-refractivity contribution >= 4 is 12.0 Å². The Labute approximate surface area is 135 Å². The molecule has 2 rings (SSSR count). The maximum absolute atomic E-state index is 13.0. The topological polar surface area (TPSA) is 61.8 Å². The molecule has 1 unspecified atom stereocenters. The number of ether oxygens (including phenoxy) is 1. The van der Waals surface area contributed by atoms with Crippen molar-refractivity contribution in [2.75, 3.05) is 39.4 Å². The molecule has 0 spiro atoms. The number of aliphatic hydroxyl groups is 1. The summed E-state index contributed by atoms with van der Waals surface area (Å²) < 4.78 is 18.3. The van der Waals surface area contributed by atoms with Gasteiger partial charge in [-0.1, -0.05) is 12.1 Å². The van der Waals surface area contributed by atoms with Crippen LogP contribution in [0.25, 0.3) is 6.08 Å². The minimum Gasteiger partial charge on any atom is -0.387 e. The van der Waals surface area contributed by atoms with Gasteiger partial charge in [0.25, 0.3) is 0 Å². The SMILES string of the molecule is CC(O)(CNC(=O)C=Cc1cccc(F)c1)CN1CCOCC1. The maximum atomic E-state index is 13.0. The van der Waals surface area contributed by atoms with Crippen molar-refractivity contribution in [2.45, 2.75) is 12.5 Å². The summed E-state index contributed by atoms with van der Waals surface area (Å²) in [5, 5.41) is 13.0. The molecule has 23 heavy (non-hydrogen) atoms. The zero-order valence-corrected chi connectivity index (χ0v) is 13.3. The van der Waals surface area contributed by atoms with E-state index < -0.39 is 5.60 Å². The molecule has 0 bridgehead atoms. The fraction of sp³-hybridized carbons (Fsp3) is 0.471. The molecule has 0 aromatic heterocycles. The van der Waals surface area contributed by atoms with E-state index in [9.17, 15) is 14.3 Å². The van der Waals surface area contributed by atoms with Gasteiger partial charge in [0.15, 0.2) is 0 Å². The number of carbonyl (C=O) groups excluding carboxylic acids is 1. The van der Waals surface area contributed by atoms with E-state index in [-0.39, 0.29) is 18.3 Å². The van der Waals surface area contributed by atoms with Gasteiger partial charge in [0.2, 0.25) is 5.91 Å². The number of hydrogen-bond donors (Lipinski definition) is 2. The van der Waals surface area contributed by atoms with Gasteiger partial charge in [0.1, 0.15) is 5.82 Å². The van der Waals surface area contributed by atoms with E-state index in [1.165, 1.54) is 24.3 Å². The number of nitrogens with zero attached hydrogens (tertiary/aromatic N) is 1. The molecule has 6 heteroatoms. The molecule has 1 heterocycles. The van der Waals surface area contributed by atoms with Gasteiger partial charge in [0, 0.05) is 32.3 Å². The summed E-state index contributed by atoms with van der Waals surface area (Å²) in [6.45, 7) is 5.21. The summed E-state index contributed by atoms with van der Waals surface area (Å²) in [4.78, 5) is 13.9. The minimum atomic E-state index is -1.01. The van der Waals surface area contributed by atoms with Crippen molar-refractivity contribution in [2.24, 2.45) is 0 Å². The summed E-state index contributed by atoms with van der Waals surface area (Å²) in [6.07, 6.45) is 2.87. The summed E-state index contributed by atoms with van der Waals surface area (Å²) >= 11 is 0. The highest BCUT2D eigenvalue weighted by atomic mass is 19.1.